The molecule has 0 saturated carbocycles. The van der Waals surface area contributed by atoms with Gasteiger partial charge in [0.05, 0.1) is 12.8 Å². The minimum atomic E-state index is -0.232. The fraction of sp³-hybridized carbons (Fsp3) is 0.227. The van der Waals surface area contributed by atoms with Crippen molar-refractivity contribution in [2.24, 2.45) is 0 Å². The molecule has 0 bridgehead atoms. The molecule has 0 radical (unpaired) electrons. The molecule has 2 heterocycles. The van der Waals surface area contributed by atoms with Crippen LogP contribution in [0.15, 0.2) is 47.8 Å². The monoisotopic (exact) mass is 407 g/mol. The second-order valence-corrected chi connectivity index (χ2v) is 7.87. The lowest BCUT2D eigenvalue weighted by molar-refractivity contribution is -0.116. The quantitative estimate of drug-likeness (QED) is 0.697. The highest BCUT2D eigenvalue weighted by Gasteiger charge is 2.29. The third-order valence-corrected chi connectivity index (χ3v) is 5.74. The van der Waals surface area contributed by atoms with Crippen LogP contribution in [0.5, 0.6) is 5.75 Å². The Balaban J connectivity index is 1.53. The van der Waals surface area contributed by atoms with Gasteiger partial charge >= 0.3 is 0 Å². The first-order valence-corrected chi connectivity index (χ1v) is 10.2. The van der Waals surface area contributed by atoms with Crippen LogP contribution in [0.25, 0.3) is 11.3 Å². The van der Waals surface area contributed by atoms with E-state index in [9.17, 15) is 9.59 Å². The fourth-order valence-electron chi connectivity index (χ4n) is 3.67. The molecular formula is C22H21N3O3S. The fourth-order valence-corrected chi connectivity index (χ4v) is 4.38. The van der Waals surface area contributed by atoms with E-state index in [0.717, 1.165) is 28.9 Å². The Hall–Kier alpha value is -3.19. The zero-order chi connectivity index (χ0) is 20.5. The predicted octanol–water partition coefficient (Wildman–Crippen LogP) is 4.37. The second kappa shape index (κ2) is 7.67. The molecule has 29 heavy (non-hydrogen) atoms. The number of aromatic nitrogens is 1. The van der Waals surface area contributed by atoms with E-state index in [-0.39, 0.29) is 17.9 Å². The van der Waals surface area contributed by atoms with Crippen molar-refractivity contribution in [3.63, 3.8) is 0 Å². The highest BCUT2D eigenvalue weighted by molar-refractivity contribution is 7.14. The van der Waals surface area contributed by atoms with Gasteiger partial charge in [-0.15, -0.1) is 11.3 Å². The molecule has 4 rings (SSSR count). The van der Waals surface area contributed by atoms with Crippen LogP contribution in [0.4, 0.5) is 10.8 Å². The maximum atomic E-state index is 12.5. The number of benzene rings is 2. The van der Waals surface area contributed by atoms with E-state index in [4.69, 9.17) is 4.74 Å². The van der Waals surface area contributed by atoms with E-state index in [1.807, 2.05) is 22.4 Å². The number of methoxy groups -OCH3 is 1. The van der Waals surface area contributed by atoms with Gasteiger partial charge in [0.2, 0.25) is 5.91 Å². The van der Waals surface area contributed by atoms with Gasteiger partial charge in [0, 0.05) is 35.2 Å². The number of rotatable bonds is 4. The smallest absolute Gasteiger partial charge is 0.257 e. The van der Waals surface area contributed by atoms with E-state index in [1.165, 1.54) is 11.3 Å². The molecule has 1 atom stereocenters. The van der Waals surface area contributed by atoms with Crippen molar-refractivity contribution >= 4 is 34.0 Å². The van der Waals surface area contributed by atoms with Gasteiger partial charge in [-0.3, -0.25) is 14.9 Å². The van der Waals surface area contributed by atoms with E-state index >= 15 is 0 Å². The molecule has 7 heteroatoms. The van der Waals surface area contributed by atoms with Gasteiger partial charge in [0.15, 0.2) is 5.13 Å². The molecular weight excluding hydrogens is 386 g/mol. The molecule has 3 aromatic rings. The molecule has 0 saturated heterocycles. The van der Waals surface area contributed by atoms with Crippen LogP contribution in [-0.4, -0.2) is 29.9 Å². The molecule has 2 aromatic carbocycles. The van der Waals surface area contributed by atoms with E-state index in [2.05, 4.69) is 23.3 Å². The van der Waals surface area contributed by atoms with Gasteiger partial charge in [-0.25, -0.2) is 4.98 Å². The largest absolute Gasteiger partial charge is 0.497 e. The average Bonchev–Trinajstić information content (AvgIpc) is 3.30. The SMILES string of the molecule is COc1cccc(C(=O)Nc2nc(-c3ccc4c(c3)C[C@H](C)N4C(C)=O)cs2)c1. The normalized spacial score (nSPS) is 15.1. The van der Waals surface area contributed by atoms with E-state index < -0.39 is 0 Å². The third kappa shape index (κ3) is 3.73. The number of hydrogen-bond acceptors (Lipinski definition) is 5. The lowest BCUT2D eigenvalue weighted by Crippen LogP contribution is -2.33. The van der Waals surface area contributed by atoms with Crippen LogP contribution in [0.1, 0.15) is 29.8 Å². The number of amides is 2. The van der Waals surface area contributed by atoms with Gasteiger partial charge in [-0.1, -0.05) is 12.1 Å². The van der Waals surface area contributed by atoms with Gasteiger partial charge in [-0.2, -0.15) is 0 Å². The van der Waals surface area contributed by atoms with E-state index in [1.54, 1.807) is 38.3 Å². The second-order valence-electron chi connectivity index (χ2n) is 7.01. The van der Waals surface area contributed by atoms with Crippen molar-refractivity contribution in [1.82, 2.24) is 4.98 Å². The first kappa shape index (κ1) is 19.1. The van der Waals surface area contributed by atoms with Gasteiger partial charge in [0.1, 0.15) is 5.75 Å². The molecule has 0 unspecified atom stereocenters. The summed E-state index contributed by atoms with van der Waals surface area (Å²) in [4.78, 5) is 30.8. The summed E-state index contributed by atoms with van der Waals surface area (Å²) < 4.78 is 5.17. The summed E-state index contributed by atoms with van der Waals surface area (Å²) in [6, 6.07) is 13.2. The number of nitrogens with one attached hydrogen (secondary N) is 1. The molecule has 1 N–H and O–H groups in total. The Labute approximate surface area is 173 Å². The Morgan fingerprint density at radius 1 is 1.24 bits per heavy atom. The standard InChI is InChI=1S/C22H21N3O3S/c1-13-9-17-10-15(7-8-20(17)25(13)14(2)26)19-12-29-22(23-19)24-21(27)16-5-4-6-18(11-16)28-3/h4-8,10-13H,9H2,1-3H3,(H,23,24,27)/t13-/m0/s1. The lowest BCUT2D eigenvalue weighted by Gasteiger charge is -2.20. The molecule has 0 aliphatic carbocycles. The molecule has 6 nitrogen and oxygen atoms in total. The predicted molar refractivity (Wildman–Crippen MR) is 115 cm³/mol. The first-order chi connectivity index (χ1) is 14.0. The molecule has 0 fully saturated rings. The molecule has 2 amide bonds. The third-order valence-electron chi connectivity index (χ3n) is 4.99. The van der Waals surface area contributed by atoms with Crippen molar-refractivity contribution in [2.75, 3.05) is 17.3 Å². The molecule has 1 aromatic heterocycles. The Kier molecular flexibility index (Phi) is 5.07. The summed E-state index contributed by atoms with van der Waals surface area (Å²) in [5.74, 6) is 0.453. The number of thiazole rings is 1. The number of carbonyl (C=O) groups excluding carboxylic acids is 2. The molecule has 1 aliphatic rings. The topological polar surface area (TPSA) is 71.5 Å². The number of nitrogens with zero attached hydrogens (tertiary/aromatic N) is 2. The number of carbonyl (C=O) groups is 2. The molecule has 1 aliphatic heterocycles. The summed E-state index contributed by atoms with van der Waals surface area (Å²) in [5.41, 5.74) is 4.39. The summed E-state index contributed by atoms with van der Waals surface area (Å²) in [7, 11) is 1.57. The van der Waals surface area contributed by atoms with Crippen molar-refractivity contribution in [2.45, 2.75) is 26.3 Å². The number of hydrogen-bond donors (Lipinski definition) is 1. The lowest BCUT2D eigenvalue weighted by atomic mass is 10.1. The molecule has 0 spiro atoms. The minimum Gasteiger partial charge on any atom is -0.497 e. The maximum absolute atomic E-state index is 12.5. The highest BCUT2D eigenvalue weighted by atomic mass is 32.1. The van der Waals surface area contributed by atoms with Gasteiger partial charge < -0.3 is 9.64 Å². The highest BCUT2D eigenvalue weighted by Crippen LogP contribution is 2.36. The zero-order valence-corrected chi connectivity index (χ0v) is 17.2. The van der Waals surface area contributed by atoms with Crippen LogP contribution in [0.3, 0.4) is 0 Å². The van der Waals surface area contributed by atoms with Crippen LogP contribution in [0.2, 0.25) is 0 Å². The summed E-state index contributed by atoms with van der Waals surface area (Å²) in [6.07, 6.45) is 0.826. The van der Waals surface area contributed by atoms with Crippen LogP contribution < -0.4 is 15.0 Å². The minimum absolute atomic E-state index is 0.0557. The van der Waals surface area contributed by atoms with Crippen molar-refractivity contribution in [3.05, 3.63) is 59.0 Å². The van der Waals surface area contributed by atoms with Crippen LogP contribution in [0, 0.1) is 0 Å². The number of ether oxygens (including phenoxy) is 1. The van der Waals surface area contributed by atoms with Crippen molar-refractivity contribution in [3.8, 4) is 17.0 Å². The van der Waals surface area contributed by atoms with Gasteiger partial charge in [0.25, 0.3) is 5.91 Å². The summed E-state index contributed by atoms with van der Waals surface area (Å²) in [5, 5.41) is 5.30. The average molecular weight is 407 g/mol. The summed E-state index contributed by atoms with van der Waals surface area (Å²) >= 11 is 1.38. The van der Waals surface area contributed by atoms with Crippen molar-refractivity contribution < 1.29 is 14.3 Å². The van der Waals surface area contributed by atoms with Crippen LogP contribution >= 0.6 is 11.3 Å². The number of fused-ring (bicyclic) bond motifs is 1. The Morgan fingerprint density at radius 3 is 2.83 bits per heavy atom. The maximum Gasteiger partial charge on any atom is 0.257 e. The van der Waals surface area contributed by atoms with Crippen LogP contribution in [-0.2, 0) is 11.2 Å². The Morgan fingerprint density at radius 2 is 2.07 bits per heavy atom. The first-order valence-electron chi connectivity index (χ1n) is 9.30. The summed E-state index contributed by atoms with van der Waals surface area (Å²) in [6.45, 7) is 3.65. The Bertz CT molecular complexity index is 1090. The van der Waals surface area contributed by atoms with Gasteiger partial charge in [-0.05, 0) is 49.2 Å². The van der Waals surface area contributed by atoms with E-state index in [0.29, 0.717) is 16.4 Å². The van der Waals surface area contributed by atoms with Crippen molar-refractivity contribution in [1.29, 1.82) is 0 Å². The number of anilines is 2. The zero-order valence-electron chi connectivity index (χ0n) is 16.4. The molecule has 148 valence electrons.